The molecule has 1 aromatic carbocycles. The number of hydrogen-bond donors (Lipinski definition) is 2. The molecule has 70 valence electrons. The van der Waals surface area contributed by atoms with Gasteiger partial charge in [-0.2, -0.15) is 0 Å². The molecule has 0 unspecified atom stereocenters. The SMILES string of the molecule is N[C@H]1CCOc2c(O)cc(Cl)cc21. The van der Waals surface area contributed by atoms with E-state index in [1.165, 1.54) is 6.07 Å². The smallest absolute Gasteiger partial charge is 0.165 e. The van der Waals surface area contributed by atoms with E-state index in [0.717, 1.165) is 12.0 Å². The number of halogens is 1. The Labute approximate surface area is 81.1 Å². The molecule has 0 fully saturated rings. The maximum Gasteiger partial charge on any atom is 0.165 e. The van der Waals surface area contributed by atoms with E-state index in [1.807, 2.05) is 0 Å². The van der Waals surface area contributed by atoms with Gasteiger partial charge in [-0.3, -0.25) is 0 Å². The van der Waals surface area contributed by atoms with Gasteiger partial charge in [0.1, 0.15) is 0 Å². The summed E-state index contributed by atoms with van der Waals surface area (Å²) < 4.78 is 5.29. The molecule has 0 aliphatic carbocycles. The molecule has 0 saturated carbocycles. The summed E-state index contributed by atoms with van der Waals surface area (Å²) in [4.78, 5) is 0. The summed E-state index contributed by atoms with van der Waals surface area (Å²) in [7, 11) is 0. The highest BCUT2D eigenvalue weighted by Crippen LogP contribution is 2.39. The first kappa shape index (κ1) is 8.66. The molecule has 1 heterocycles. The van der Waals surface area contributed by atoms with Crippen LogP contribution in [-0.4, -0.2) is 11.7 Å². The molecule has 1 atom stereocenters. The van der Waals surface area contributed by atoms with Crippen molar-refractivity contribution >= 4 is 11.6 Å². The van der Waals surface area contributed by atoms with Crippen LogP contribution in [-0.2, 0) is 0 Å². The molecule has 1 aromatic rings. The summed E-state index contributed by atoms with van der Waals surface area (Å²) in [5.41, 5.74) is 6.62. The van der Waals surface area contributed by atoms with Crippen molar-refractivity contribution in [3.05, 3.63) is 22.7 Å². The van der Waals surface area contributed by atoms with Crippen LogP contribution in [0, 0.1) is 0 Å². The summed E-state index contributed by atoms with van der Waals surface area (Å²) in [6.45, 7) is 0.545. The monoisotopic (exact) mass is 199 g/mol. The van der Waals surface area contributed by atoms with Gasteiger partial charge in [0.05, 0.1) is 6.61 Å². The van der Waals surface area contributed by atoms with E-state index in [9.17, 15) is 5.11 Å². The van der Waals surface area contributed by atoms with Crippen LogP contribution in [0.4, 0.5) is 0 Å². The van der Waals surface area contributed by atoms with E-state index in [4.69, 9.17) is 22.1 Å². The molecule has 13 heavy (non-hydrogen) atoms. The Balaban J connectivity index is 2.56. The van der Waals surface area contributed by atoms with Crippen molar-refractivity contribution in [3.63, 3.8) is 0 Å². The average Bonchev–Trinajstić information content (AvgIpc) is 2.07. The number of hydrogen-bond acceptors (Lipinski definition) is 3. The predicted octanol–water partition coefficient (Wildman–Crippen LogP) is 1.83. The zero-order valence-corrected chi connectivity index (χ0v) is 7.71. The molecule has 0 aromatic heterocycles. The van der Waals surface area contributed by atoms with Gasteiger partial charge in [-0.15, -0.1) is 0 Å². The summed E-state index contributed by atoms with van der Waals surface area (Å²) in [5, 5.41) is 9.97. The molecule has 4 heteroatoms. The van der Waals surface area contributed by atoms with E-state index >= 15 is 0 Å². The third-order valence-electron chi connectivity index (χ3n) is 2.14. The van der Waals surface area contributed by atoms with Crippen molar-refractivity contribution in [1.29, 1.82) is 0 Å². The molecule has 2 rings (SSSR count). The highest BCUT2D eigenvalue weighted by atomic mass is 35.5. The standard InChI is InChI=1S/C9H10ClNO2/c10-5-3-6-7(11)1-2-13-9(6)8(12)4-5/h3-4,7,12H,1-2,11H2/t7-/m0/s1. The van der Waals surface area contributed by atoms with E-state index in [2.05, 4.69) is 0 Å². The second-order valence-corrected chi connectivity index (χ2v) is 3.52. The lowest BCUT2D eigenvalue weighted by molar-refractivity contribution is 0.255. The van der Waals surface area contributed by atoms with Crippen LogP contribution in [0.1, 0.15) is 18.0 Å². The summed E-state index contributed by atoms with van der Waals surface area (Å²) in [6, 6.07) is 3.10. The Hall–Kier alpha value is -0.930. The van der Waals surface area contributed by atoms with Crippen molar-refractivity contribution in [2.24, 2.45) is 5.73 Å². The number of rotatable bonds is 0. The largest absolute Gasteiger partial charge is 0.504 e. The van der Waals surface area contributed by atoms with Crippen LogP contribution >= 0.6 is 11.6 Å². The van der Waals surface area contributed by atoms with E-state index in [-0.39, 0.29) is 11.8 Å². The Kier molecular flexibility index (Phi) is 2.06. The molecule has 0 saturated heterocycles. The van der Waals surface area contributed by atoms with Gasteiger partial charge in [0, 0.05) is 29.1 Å². The average molecular weight is 200 g/mol. The fourth-order valence-corrected chi connectivity index (χ4v) is 1.70. The van der Waals surface area contributed by atoms with Gasteiger partial charge >= 0.3 is 0 Å². The van der Waals surface area contributed by atoms with Crippen molar-refractivity contribution in [3.8, 4) is 11.5 Å². The molecule has 0 amide bonds. The minimum atomic E-state index is -0.0895. The van der Waals surface area contributed by atoms with Gasteiger partial charge in [0.25, 0.3) is 0 Å². The van der Waals surface area contributed by atoms with E-state index in [1.54, 1.807) is 6.07 Å². The van der Waals surface area contributed by atoms with Gasteiger partial charge in [0.15, 0.2) is 11.5 Å². The molecule has 3 N–H and O–H groups in total. The van der Waals surface area contributed by atoms with Crippen LogP contribution in [0.5, 0.6) is 11.5 Å². The maximum absolute atomic E-state index is 9.49. The van der Waals surface area contributed by atoms with E-state index < -0.39 is 0 Å². The number of phenols is 1. The Morgan fingerprint density at radius 1 is 1.54 bits per heavy atom. The first-order valence-electron chi connectivity index (χ1n) is 4.09. The quantitative estimate of drug-likeness (QED) is 0.670. The zero-order valence-electron chi connectivity index (χ0n) is 6.96. The van der Waals surface area contributed by atoms with Crippen LogP contribution < -0.4 is 10.5 Å². The lowest BCUT2D eigenvalue weighted by Crippen LogP contribution is -2.20. The minimum absolute atomic E-state index is 0.0673. The fraction of sp³-hybridized carbons (Fsp3) is 0.333. The second kappa shape index (κ2) is 3.09. The molecule has 0 bridgehead atoms. The number of benzene rings is 1. The van der Waals surface area contributed by atoms with Gasteiger partial charge in [-0.1, -0.05) is 11.6 Å². The molecule has 1 aliphatic heterocycles. The van der Waals surface area contributed by atoms with Crippen molar-refractivity contribution in [2.75, 3.05) is 6.61 Å². The molecule has 0 spiro atoms. The lowest BCUT2D eigenvalue weighted by Gasteiger charge is -2.23. The maximum atomic E-state index is 9.49. The van der Waals surface area contributed by atoms with Crippen LogP contribution in [0.3, 0.4) is 0 Å². The van der Waals surface area contributed by atoms with Crippen molar-refractivity contribution in [2.45, 2.75) is 12.5 Å². The Morgan fingerprint density at radius 3 is 3.08 bits per heavy atom. The molecular formula is C9H10ClNO2. The first-order chi connectivity index (χ1) is 6.18. The number of phenolic OH excluding ortho intramolecular Hbond substituents is 1. The Bertz CT molecular complexity index is 341. The molecular weight excluding hydrogens is 190 g/mol. The number of fused-ring (bicyclic) bond motifs is 1. The zero-order chi connectivity index (χ0) is 9.42. The van der Waals surface area contributed by atoms with Gasteiger partial charge in [0.2, 0.25) is 0 Å². The number of nitrogens with two attached hydrogens (primary N) is 1. The van der Waals surface area contributed by atoms with E-state index in [0.29, 0.717) is 17.4 Å². The number of aromatic hydroxyl groups is 1. The third kappa shape index (κ3) is 1.45. The highest BCUT2D eigenvalue weighted by molar-refractivity contribution is 6.30. The van der Waals surface area contributed by atoms with Crippen molar-refractivity contribution < 1.29 is 9.84 Å². The Morgan fingerprint density at radius 2 is 2.31 bits per heavy atom. The molecule has 3 nitrogen and oxygen atoms in total. The second-order valence-electron chi connectivity index (χ2n) is 3.09. The lowest BCUT2D eigenvalue weighted by atomic mass is 10.0. The third-order valence-corrected chi connectivity index (χ3v) is 2.36. The van der Waals surface area contributed by atoms with Gasteiger partial charge in [-0.25, -0.2) is 0 Å². The normalized spacial score (nSPS) is 20.6. The molecule has 1 aliphatic rings. The first-order valence-corrected chi connectivity index (χ1v) is 4.47. The van der Waals surface area contributed by atoms with Crippen LogP contribution in [0.2, 0.25) is 5.02 Å². The predicted molar refractivity (Wildman–Crippen MR) is 50.2 cm³/mol. The summed E-state index contributed by atoms with van der Waals surface area (Å²) in [6.07, 6.45) is 0.757. The van der Waals surface area contributed by atoms with Gasteiger partial charge in [-0.05, 0) is 6.07 Å². The van der Waals surface area contributed by atoms with Gasteiger partial charge < -0.3 is 15.6 Å². The molecule has 0 radical (unpaired) electrons. The topological polar surface area (TPSA) is 55.5 Å². The van der Waals surface area contributed by atoms with Crippen LogP contribution in [0.15, 0.2) is 12.1 Å². The number of ether oxygens (including phenoxy) is 1. The van der Waals surface area contributed by atoms with Crippen molar-refractivity contribution in [1.82, 2.24) is 0 Å². The van der Waals surface area contributed by atoms with Crippen LogP contribution in [0.25, 0.3) is 0 Å². The minimum Gasteiger partial charge on any atom is -0.504 e. The summed E-state index contributed by atoms with van der Waals surface area (Å²) in [5.74, 6) is 0.542. The summed E-state index contributed by atoms with van der Waals surface area (Å²) >= 11 is 5.78. The fourth-order valence-electron chi connectivity index (χ4n) is 1.48. The highest BCUT2D eigenvalue weighted by Gasteiger charge is 2.21.